The van der Waals surface area contributed by atoms with Gasteiger partial charge in [0.2, 0.25) is 5.91 Å². The van der Waals surface area contributed by atoms with Crippen molar-refractivity contribution < 1.29 is 14.3 Å². The Morgan fingerprint density at radius 1 is 1.30 bits per heavy atom. The molecule has 0 radical (unpaired) electrons. The van der Waals surface area contributed by atoms with Crippen LogP contribution >= 0.6 is 0 Å². The molecule has 0 saturated heterocycles. The van der Waals surface area contributed by atoms with Gasteiger partial charge in [-0.05, 0) is 18.1 Å². The Balaban J connectivity index is 2.62. The molecule has 0 atom stereocenters. The van der Waals surface area contributed by atoms with E-state index in [-0.39, 0.29) is 18.0 Å². The number of nitrogen functional groups attached to an aromatic ring is 1. The van der Waals surface area contributed by atoms with E-state index in [1.807, 2.05) is 13.8 Å². The van der Waals surface area contributed by atoms with Crippen molar-refractivity contribution in [2.75, 3.05) is 25.9 Å². The topological polar surface area (TPSA) is 93.4 Å². The smallest absolute Gasteiger partial charge is 0.257 e. The van der Waals surface area contributed by atoms with Gasteiger partial charge in [-0.1, -0.05) is 19.9 Å². The molecule has 1 rings (SSSR count). The zero-order valence-electron chi connectivity index (χ0n) is 12.0. The second-order valence-corrected chi connectivity index (χ2v) is 4.81. The van der Waals surface area contributed by atoms with Gasteiger partial charge in [0.1, 0.15) is 11.3 Å². The summed E-state index contributed by atoms with van der Waals surface area (Å²) < 4.78 is 5.09. The Kier molecular flexibility index (Phi) is 5.83. The lowest BCUT2D eigenvalue weighted by Crippen LogP contribution is -2.38. The second-order valence-electron chi connectivity index (χ2n) is 4.81. The highest BCUT2D eigenvalue weighted by Gasteiger charge is 2.16. The van der Waals surface area contributed by atoms with E-state index >= 15 is 0 Å². The lowest BCUT2D eigenvalue weighted by molar-refractivity contribution is -0.120. The van der Waals surface area contributed by atoms with Crippen LogP contribution in [0.15, 0.2) is 18.2 Å². The number of benzene rings is 1. The quantitative estimate of drug-likeness (QED) is 0.671. The van der Waals surface area contributed by atoms with Crippen molar-refractivity contribution in [3.8, 4) is 5.75 Å². The Bertz CT molecular complexity index is 487. The summed E-state index contributed by atoms with van der Waals surface area (Å²) in [7, 11) is 1.46. The molecule has 1 aromatic carbocycles. The molecule has 0 heterocycles. The maximum atomic E-state index is 12.0. The second kappa shape index (κ2) is 7.37. The predicted octanol–water partition coefficient (Wildman–Crippen LogP) is 0.779. The highest BCUT2D eigenvalue weighted by atomic mass is 16.5. The van der Waals surface area contributed by atoms with E-state index in [4.69, 9.17) is 10.5 Å². The maximum Gasteiger partial charge on any atom is 0.257 e. The summed E-state index contributed by atoms with van der Waals surface area (Å²) in [6, 6.07) is 4.95. The van der Waals surface area contributed by atoms with Crippen molar-refractivity contribution in [3.63, 3.8) is 0 Å². The fourth-order valence-corrected chi connectivity index (χ4v) is 1.59. The zero-order valence-corrected chi connectivity index (χ0v) is 12.0. The van der Waals surface area contributed by atoms with Crippen LogP contribution in [-0.4, -0.2) is 32.0 Å². The fraction of sp³-hybridized carbons (Fsp3) is 0.429. The van der Waals surface area contributed by atoms with Crippen molar-refractivity contribution in [2.45, 2.75) is 13.8 Å². The molecule has 0 aliphatic carbocycles. The van der Waals surface area contributed by atoms with Gasteiger partial charge in [-0.15, -0.1) is 0 Å². The van der Waals surface area contributed by atoms with Crippen LogP contribution in [0.1, 0.15) is 24.2 Å². The molecular weight excluding hydrogens is 258 g/mol. The molecule has 0 saturated carbocycles. The van der Waals surface area contributed by atoms with E-state index in [1.165, 1.54) is 7.11 Å². The number of methoxy groups -OCH3 is 1. The first kappa shape index (κ1) is 15.8. The molecule has 6 nitrogen and oxygen atoms in total. The Morgan fingerprint density at radius 3 is 2.60 bits per heavy atom. The van der Waals surface area contributed by atoms with E-state index < -0.39 is 5.91 Å². The molecule has 1 aromatic rings. The first-order valence-electron chi connectivity index (χ1n) is 6.43. The number of nitrogens with two attached hydrogens (primary N) is 1. The molecule has 2 amide bonds. The van der Waals surface area contributed by atoms with Gasteiger partial charge in [-0.25, -0.2) is 0 Å². The van der Waals surface area contributed by atoms with Gasteiger partial charge in [-0.3, -0.25) is 9.59 Å². The van der Waals surface area contributed by atoms with Crippen molar-refractivity contribution in [3.05, 3.63) is 23.8 Å². The number of nitrogens with one attached hydrogen (secondary N) is 2. The zero-order chi connectivity index (χ0) is 15.1. The molecule has 20 heavy (non-hydrogen) atoms. The number of ether oxygens (including phenoxy) is 1. The minimum atomic E-state index is -0.431. The van der Waals surface area contributed by atoms with Crippen LogP contribution in [0.5, 0.6) is 5.75 Å². The number of amides is 2. The van der Waals surface area contributed by atoms with E-state index in [9.17, 15) is 9.59 Å². The SMILES string of the molecule is COc1cccc(N)c1C(=O)NCC(=O)NCC(C)C. The van der Waals surface area contributed by atoms with Gasteiger partial charge in [-0.2, -0.15) is 0 Å². The predicted molar refractivity (Wildman–Crippen MR) is 77.6 cm³/mol. The largest absolute Gasteiger partial charge is 0.496 e. The van der Waals surface area contributed by atoms with Crippen LogP contribution in [-0.2, 0) is 4.79 Å². The van der Waals surface area contributed by atoms with Crippen LogP contribution < -0.4 is 21.1 Å². The first-order chi connectivity index (χ1) is 9.45. The fourth-order valence-electron chi connectivity index (χ4n) is 1.59. The molecule has 0 spiro atoms. The third kappa shape index (κ3) is 4.46. The van der Waals surface area contributed by atoms with Crippen LogP contribution in [0.4, 0.5) is 5.69 Å². The lowest BCUT2D eigenvalue weighted by Gasteiger charge is -2.12. The van der Waals surface area contributed by atoms with Crippen molar-refractivity contribution in [2.24, 2.45) is 5.92 Å². The van der Waals surface area contributed by atoms with Gasteiger partial charge < -0.3 is 21.1 Å². The standard InChI is InChI=1S/C14H21N3O3/c1-9(2)7-16-12(18)8-17-14(19)13-10(15)5-4-6-11(13)20-3/h4-6,9H,7-8,15H2,1-3H3,(H,16,18)(H,17,19). The summed E-state index contributed by atoms with van der Waals surface area (Å²) >= 11 is 0. The summed E-state index contributed by atoms with van der Waals surface area (Å²) in [5, 5.41) is 5.24. The van der Waals surface area contributed by atoms with Gasteiger partial charge >= 0.3 is 0 Å². The number of hydrogen-bond acceptors (Lipinski definition) is 4. The Hall–Kier alpha value is -2.24. The van der Waals surface area contributed by atoms with Gasteiger partial charge in [0, 0.05) is 12.2 Å². The average molecular weight is 279 g/mol. The molecular formula is C14H21N3O3. The van der Waals surface area contributed by atoms with Gasteiger partial charge in [0.25, 0.3) is 5.91 Å². The highest BCUT2D eigenvalue weighted by Crippen LogP contribution is 2.23. The average Bonchev–Trinajstić information content (AvgIpc) is 2.42. The summed E-state index contributed by atoms with van der Waals surface area (Å²) in [6.45, 7) is 4.47. The molecule has 4 N–H and O–H groups in total. The molecule has 6 heteroatoms. The van der Waals surface area contributed by atoms with E-state index in [2.05, 4.69) is 10.6 Å². The highest BCUT2D eigenvalue weighted by molar-refractivity contribution is 6.03. The van der Waals surface area contributed by atoms with Gasteiger partial charge in [0.15, 0.2) is 0 Å². The van der Waals surface area contributed by atoms with Crippen molar-refractivity contribution in [1.29, 1.82) is 0 Å². The van der Waals surface area contributed by atoms with Crippen molar-refractivity contribution >= 4 is 17.5 Å². The first-order valence-corrected chi connectivity index (χ1v) is 6.43. The number of hydrogen-bond donors (Lipinski definition) is 3. The van der Waals surface area contributed by atoms with Crippen LogP contribution in [0, 0.1) is 5.92 Å². The monoisotopic (exact) mass is 279 g/mol. The van der Waals surface area contributed by atoms with E-state index in [1.54, 1.807) is 18.2 Å². The number of carbonyl (C=O) groups is 2. The van der Waals surface area contributed by atoms with E-state index in [0.717, 1.165) is 0 Å². The van der Waals surface area contributed by atoms with Crippen LogP contribution in [0.2, 0.25) is 0 Å². The summed E-state index contributed by atoms with van der Waals surface area (Å²) in [5.74, 6) is 0.0739. The van der Waals surface area contributed by atoms with E-state index in [0.29, 0.717) is 23.9 Å². The van der Waals surface area contributed by atoms with Crippen molar-refractivity contribution in [1.82, 2.24) is 10.6 Å². The van der Waals surface area contributed by atoms with Crippen LogP contribution in [0.3, 0.4) is 0 Å². The number of carbonyl (C=O) groups excluding carboxylic acids is 2. The van der Waals surface area contributed by atoms with Crippen LogP contribution in [0.25, 0.3) is 0 Å². The maximum absolute atomic E-state index is 12.0. The minimum Gasteiger partial charge on any atom is -0.496 e. The molecule has 0 fully saturated rings. The molecule has 110 valence electrons. The molecule has 0 unspecified atom stereocenters. The Labute approximate surface area is 118 Å². The summed E-state index contributed by atoms with van der Waals surface area (Å²) in [4.78, 5) is 23.6. The Morgan fingerprint density at radius 2 is 2.00 bits per heavy atom. The minimum absolute atomic E-state index is 0.0942. The molecule has 0 aromatic heterocycles. The molecule has 0 aliphatic rings. The van der Waals surface area contributed by atoms with Gasteiger partial charge in [0.05, 0.1) is 13.7 Å². The summed E-state index contributed by atoms with van der Waals surface area (Å²) in [6.07, 6.45) is 0. The lowest BCUT2D eigenvalue weighted by atomic mass is 10.1. The molecule has 0 aliphatic heterocycles. The normalized spacial score (nSPS) is 10.2. The number of rotatable bonds is 6. The molecule has 0 bridgehead atoms. The third-order valence-electron chi connectivity index (χ3n) is 2.62. The third-order valence-corrected chi connectivity index (χ3v) is 2.62. The summed E-state index contributed by atoms with van der Waals surface area (Å²) in [5.41, 5.74) is 6.31. The number of anilines is 1.